The lowest BCUT2D eigenvalue weighted by Gasteiger charge is -2.45. The highest BCUT2D eigenvalue weighted by molar-refractivity contribution is 5.16. The zero-order valence-electron chi connectivity index (χ0n) is 22.6. The summed E-state index contributed by atoms with van der Waals surface area (Å²) < 4.78 is 32.0. The van der Waals surface area contributed by atoms with Crippen molar-refractivity contribution in [3.05, 3.63) is 144 Å². The third kappa shape index (κ3) is 8.08. The lowest BCUT2D eigenvalue weighted by Crippen LogP contribution is -2.63. The van der Waals surface area contributed by atoms with Gasteiger partial charge in [-0.05, 0) is 22.3 Å². The maximum absolute atomic E-state index is 6.61. The maximum Gasteiger partial charge on any atom is 0.135 e. The number of ether oxygens (including phenoxy) is 5. The van der Waals surface area contributed by atoms with Gasteiger partial charge in [0, 0.05) is 0 Å². The largest absolute Gasteiger partial charge is 0.374 e. The van der Waals surface area contributed by atoms with E-state index in [2.05, 4.69) is 0 Å². The van der Waals surface area contributed by atoms with Crippen LogP contribution in [0.1, 0.15) is 22.3 Å². The second-order valence-corrected chi connectivity index (χ2v) is 9.92. The van der Waals surface area contributed by atoms with Gasteiger partial charge in [0.1, 0.15) is 30.6 Å². The molecule has 1 saturated heterocycles. The van der Waals surface area contributed by atoms with Crippen molar-refractivity contribution in [3.8, 4) is 0 Å². The molecule has 0 spiro atoms. The lowest BCUT2D eigenvalue weighted by molar-refractivity contribution is -0.271. The van der Waals surface area contributed by atoms with E-state index in [0.29, 0.717) is 33.0 Å². The SMILES string of the molecule is NC1O[C@H](COCc2ccccc2)[C@@H](OCc2ccccc2)[C@H](OCc2ccccc2)[C@@H]1OCc1ccccc1. The third-order valence-corrected chi connectivity index (χ3v) is 6.92. The summed E-state index contributed by atoms with van der Waals surface area (Å²) in [5.74, 6) is 0. The van der Waals surface area contributed by atoms with Crippen molar-refractivity contribution in [1.29, 1.82) is 0 Å². The number of rotatable bonds is 13. The van der Waals surface area contributed by atoms with Gasteiger partial charge in [0.2, 0.25) is 0 Å². The summed E-state index contributed by atoms with van der Waals surface area (Å²) in [6.07, 6.45) is -2.66. The first kappa shape index (κ1) is 28.2. The monoisotopic (exact) mass is 539 g/mol. The Hall–Kier alpha value is -3.36. The first-order valence-corrected chi connectivity index (χ1v) is 13.8. The van der Waals surface area contributed by atoms with E-state index in [1.54, 1.807) is 0 Å². The summed E-state index contributed by atoms with van der Waals surface area (Å²) in [6.45, 7) is 1.94. The van der Waals surface area contributed by atoms with Crippen LogP contribution >= 0.6 is 0 Å². The summed E-state index contributed by atoms with van der Waals surface area (Å²) in [4.78, 5) is 0. The second-order valence-electron chi connectivity index (χ2n) is 9.92. The molecule has 5 rings (SSSR count). The number of benzene rings is 4. The van der Waals surface area contributed by atoms with E-state index < -0.39 is 30.6 Å². The third-order valence-electron chi connectivity index (χ3n) is 6.92. The fraction of sp³-hybridized carbons (Fsp3) is 0.294. The van der Waals surface area contributed by atoms with E-state index in [4.69, 9.17) is 29.4 Å². The molecule has 4 aromatic carbocycles. The lowest BCUT2D eigenvalue weighted by atomic mass is 9.97. The van der Waals surface area contributed by atoms with Gasteiger partial charge in [-0.1, -0.05) is 121 Å². The zero-order chi connectivity index (χ0) is 27.4. The quantitative estimate of drug-likeness (QED) is 0.237. The van der Waals surface area contributed by atoms with E-state index >= 15 is 0 Å². The minimum absolute atomic E-state index is 0.304. The van der Waals surface area contributed by atoms with Gasteiger partial charge in [0.15, 0.2) is 0 Å². The second kappa shape index (κ2) is 14.9. The van der Waals surface area contributed by atoms with Gasteiger partial charge >= 0.3 is 0 Å². The Morgan fingerprint density at radius 2 is 0.850 bits per heavy atom. The van der Waals surface area contributed by atoms with Crippen LogP contribution in [0, 0.1) is 0 Å². The van der Waals surface area contributed by atoms with Crippen LogP contribution in [0.4, 0.5) is 0 Å². The Morgan fingerprint density at radius 1 is 0.475 bits per heavy atom. The molecule has 1 fully saturated rings. The Kier molecular flexibility index (Phi) is 10.5. The molecule has 0 bridgehead atoms. The fourth-order valence-electron chi connectivity index (χ4n) is 4.83. The van der Waals surface area contributed by atoms with E-state index in [1.807, 2.05) is 121 Å². The van der Waals surface area contributed by atoms with Gasteiger partial charge in [-0.2, -0.15) is 0 Å². The molecule has 1 unspecified atom stereocenters. The van der Waals surface area contributed by atoms with Gasteiger partial charge in [-0.15, -0.1) is 0 Å². The summed E-state index contributed by atoms with van der Waals surface area (Å²) >= 11 is 0. The minimum Gasteiger partial charge on any atom is -0.374 e. The van der Waals surface area contributed by atoms with Gasteiger partial charge in [-0.25, -0.2) is 0 Å². The standard InChI is InChI=1S/C34H37NO5/c35-34-33(39-24-29-19-11-4-12-20-29)32(38-23-28-17-9-3-10-18-28)31(37-22-27-15-7-2-8-16-27)30(40-34)25-36-21-26-13-5-1-6-14-26/h1-20,30-34H,21-25,35H2/t30-,31-,32+,33+,34?/m1/s1. The van der Waals surface area contributed by atoms with Crippen molar-refractivity contribution in [1.82, 2.24) is 0 Å². The predicted octanol–water partition coefficient (Wildman–Crippen LogP) is 5.64. The number of hydrogen-bond acceptors (Lipinski definition) is 6. The van der Waals surface area contributed by atoms with Gasteiger partial charge < -0.3 is 29.4 Å². The Balaban J connectivity index is 1.36. The van der Waals surface area contributed by atoms with Crippen molar-refractivity contribution in [2.75, 3.05) is 6.61 Å². The Bertz CT molecular complexity index is 1240. The zero-order valence-corrected chi connectivity index (χ0v) is 22.6. The molecule has 2 N–H and O–H groups in total. The van der Waals surface area contributed by atoms with Crippen molar-refractivity contribution < 1.29 is 23.7 Å². The van der Waals surface area contributed by atoms with Crippen molar-refractivity contribution in [2.45, 2.75) is 57.1 Å². The van der Waals surface area contributed by atoms with Crippen LogP contribution in [0.2, 0.25) is 0 Å². The van der Waals surface area contributed by atoms with Crippen LogP contribution in [0.3, 0.4) is 0 Å². The molecule has 6 heteroatoms. The van der Waals surface area contributed by atoms with Crippen LogP contribution < -0.4 is 5.73 Å². The van der Waals surface area contributed by atoms with Crippen molar-refractivity contribution >= 4 is 0 Å². The molecule has 1 aliphatic rings. The van der Waals surface area contributed by atoms with Gasteiger partial charge in [0.25, 0.3) is 0 Å². The first-order valence-electron chi connectivity index (χ1n) is 13.8. The molecule has 0 aromatic heterocycles. The fourth-order valence-corrected chi connectivity index (χ4v) is 4.83. The highest BCUT2D eigenvalue weighted by Crippen LogP contribution is 2.29. The van der Waals surface area contributed by atoms with Crippen LogP contribution in [-0.2, 0) is 50.1 Å². The Morgan fingerprint density at radius 3 is 1.30 bits per heavy atom. The van der Waals surface area contributed by atoms with Gasteiger partial charge in [0.05, 0.1) is 33.0 Å². The Labute approximate surface area is 236 Å². The van der Waals surface area contributed by atoms with Crippen LogP contribution in [0.25, 0.3) is 0 Å². The molecule has 1 heterocycles. The highest BCUT2D eigenvalue weighted by Gasteiger charge is 2.47. The highest BCUT2D eigenvalue weighted by atomic mass is 16.6. The molecule has 4 aromatic rings. The molecule has 0 saturated carbocycles. The van der Waals surface area contributed by atoms with E-state index in [-0.39, 0.29) is 0 Å². The first-order chi connectivity index (χ1) is 19.8. The summed E-state index contributed by atoms with van der Waals surface area (Å²) in [6, 6.07) is 40.2. The van der Waals surface area contributed by atoms with Crippen LogP contribution in [0.5, 0.6) is 0 Å². The molecular weight excluding hydrogens is 502 g/mol. The van der Waals surface area contributed by atoms with Gasteiger partial charge in [-0.3, -0.25) is 0 Å². The smallest absolute Gasteiger partial charge is 0.135 e. The average Bonchev–Trinajstić information content (AvgIpc) is 3.01. The van der Waals surface area contributed by atoms with E-state index in [1.165, 1.54) is 0 Å². The molecule has 0 radical (unpaired) electrons. The van der Waals surface area contributed by atoms with Crippen molar-refractivity contribution in [3.63, 3.8) is 0 Å². The summed E-state index contributed by atoms with van der Waals surface area (Å²) in [7, 11) is 0. The molecule has 208 valence electrons. The number of hydrogen-bond donors (Lipinski definition) is 1. The average molecular weight is 540 g/mol. The summed E-state index contributed by atoms with van der Waals surface area (Å²) in [5, 5.41) is 0. The summed E-state index contributed by atoms with van der Waals surface area (Å²) in [5.41, 5.74) is 10.9. The molecule has 6 nitrogen and oxygen atoms in total. The van der Waals surface area contributed by atoms with E-state index in [9.17, 15) is 0 Å². The maximum atomic E-state index is 6.61. The predicted molar refractivity (Wildman–Crippen MR) is 154 cm³/mol. The van der Waals surface area contributed by atoms with Crippen LogP contribution in [0.15, 0.2) is 121 Å². The van der Waals surface area contributed by atoms with Crippen molar-refractivity contribution in [2.24, 2.45) is 5.73 Å². The molecular formula is C34H37NO5. The molecule has 0 amide bonds. The minimum atomic E-state index is -0.716. The number of nitrogens with two attached hydrogens (primary N) is 1. The van der Waals surface area contributed by atoms with E-state index in [0.717, 1.165) is 22.3 Å². The normalized spacial score (nSPS) is 22.7. The molecule has 40 heavy (non-hydrogen) atoms. The van der Waals surface area contributed by atoms with Crippen LogP contribution in [-0.4, -0.2) is 37.3 Å². The topological polar surface area (TPSA) is 72.2 Å². The molecule has 5 atom stereocenters. The molecule has 0 aliphatic carbocycles. The molecule has 1 aliphatic heterocycles.